The van der Waals surface area contributed by atoms with Crippen molar-refractivity contribution in [3.8, 4) is 0 Å². The summed E-state index contributed by atoms with van der Waals surface area (Å²) in [6.45, 7) is 2.71. The summed E-state index contributed by atoms with van der Waals surface area (Å²) in [6, 6.07) is 4.93. The molecule has 1 aliphatic rings. The van der Waals surface area contributed by atoms with E-state index in [1.165, 1.54) is 6.92 Å². The van der Waals surface area contributed by atoms with Gasteiger partial charge >= 0.3 is 0 Å². The van der Waals surface area contributed by atoms with E-state index in [9.17, 15) is 9.59 Å². The van der Waals surface area contributed by atoms with Crippen LogP contribution in [0.25, 0.3) is 0 Å². The molecule has 0 radical (unpaired) electrons. The van der Waals surface area contributed by atoms with Gasteiger partial charge in [0.05, 0.1) is 16.1 Å². The summed E-state index contributed by atoms with van der Waals surface area (Å²) in [5, 5.41) is 5.89. The molecule has 0 spiro atoms. The first-order valence-electron chi connectivity index (χ1n) is 7.13. The Balaban J connectivity index is 2.18. The lowest BCUT2D eigenvalue weighted by molar-refractivity contribution is -0.130. The highest BCUT2D eigenvalue weighted by molar-refractivity contribution is 6.34. The largest absolute Gasteiger partial charge is 0.381 e. The van der Waals surface area contributed by atoms with Crippen LogP contribution in [0.15, 0.2) is 18.2 Å². The van der Waals surface area contributed by atoms with Gasteiger partial charge in [-0.2, -0.15) is 0 Å². The van der Waals surface area contributed by atoms with Gasteiger partial charge in [-0.25, -0.2) is 0 Å². The van der Waals surface area contributed by atoms with Crippen LogP contribution in [0.2, 0.25) is 5.02 Å². The monoisotopic (exact) mass is 325 g/mol. The predicted molar refractivity (Wildman–Crippen MR) is 85.9 cm³/mol. The van der Waals surface area contributed by atoms with Crippen molar-refractivity contribution < 1.29 is 14.3 Å². The summed E-state index contributed by atoms with van der Waals surface area (Å²) in [6.07, 6.45) is 1.16. The van der Waals surface area contributed by atoms with Crippen molar-refractivity contribution >= 4 is 34.8 Å². The summed E-state index contributed by atoms with van der Waals surface area (Å²) < 4.78 is 5.30. The number of anilines is 2. The summed E-state index contributed by atoms with van der Waals surface area (Å²) in [4.78, 5) is 23.7. The van der Waals surface area contributed by atoms with Gasteiger partial charge in [0.25, 0.3) is 0 Å². The van der Waals surface area contributed by atoms with Gasteiger partial charge in [-0.05, 0) is 31.0 Å². The van der Waals surface area contributed by atoms with E-state index >= 15 is 0 Å². The molecule has 2 rings (SSSR count). The van der Waals surface area contributed by atoms with Crippen LogP contribution < -0.4 is 16.4 Å². The molecule has 0 saturated carbocycles. The molecule has 1 fully saturated rings. The van der Waals surface area contributed by atoms with E-state index in [-0.39, 0.29) is 18.4 Å². The molecule has 0 bridgehead atoms. The summed E-state index contributed by atoms with van der Waals surface area (Å²) in [5.41, 5.74) is 6.21. The van der Waals surface area contributed by atoms with Crippen molar-refractivity contribution in [1.82, 2.24) is 0 Å². The molecule has 0 aromatic heterocycles. The molecule has 0 atom stereocenters. The van der Waals surface area contributed by atoms with Gasteiger partial charge in [-0.3, -0.25) is 9.59 Å². The Morgan fingerprint density at radius 2 is 2.00 bits per heavy atom. The van der Waals surface area contributed by atoms with Crippen molar-refractivity contribution in [2.75, 3.05) is 30.4 Å². The molecule has 1 aliphatic heterocycles. The number of amides is 2. The number of rotatable bonds is 4. The average molecular weight is 326 g/mol. The molecule has 1 aromatic rings. The topological polar surface area (TPSA) is 93.5 Å². The molecule has 0 unspecified atom stereocenters. The quantitative estimate of drug-likeness (QED) is 0.789. The lowest BCUT2D eigenvalue weighted by atomic mass is 9.79. The lowest BCUT2D eigenvalue weighted by Crippen LogP contribution is -2.46. The smallest absolute Gasteiger partial charge is 0.232 e. The number of hydrogen-bond acceptors (Lipinski definition) is 4. The van der Waals surface area contributed by atoms with E-state index < -0.39 is 5.41 Å². The maximum Gasteiger partial charge on any atom is 0.232 e. The van der Waals surface area contributed by atoms with Crippen molar-refractivity contribution in [1.29, 1.82) is 0 Å². The minimum atomic E-state index is -0.633. The highest BCUT2D eigenvalue weighted by Gasteiger charge is 2.39. The van der Waals surface area contributed by atoms with Gasteiger partial charge in [0, 0.05) is 32.4 Å². The molecule has 6 nitrogen and oxygen atoms in total. The molecular formula is C15H20ClN3O3. The molecule has 1 saturated heterocycles. The Morgan fingerprint density at radius 1 is 1.32 bits per heavy atom. The Bertz CT molecular complexity index is 571. The highest BCUT2D eigenvalue weighted by atomic mass is 35.5. The third-order valence-electron chi connectivity index (χ3n) is 3.86. The fourth-order valence-corrected chi connectivity index (χ4v) is 2.61. The highest BCUT2D eigenvalue weighted by Crippen LogP contribution is 2.33. The number of carbonyl (C=O) groups is 2. The van der Waals surface area contributed by atoms with Crippen LogP contribution in [0, 0.1) is 5.41 Å². The standard InChI is InChI=1S/C15H20ClN3O3/c1-10(20)18-11-2-3-12(16)13(8-11)19-14(21)15(9-17)4-6-22-7-5-15/h2-3,8H,4-7,9,17H2,1H3,(H,18,20)(H,19,21). The van der Waals surface area contributed by atoms with E-state index in [1.807, 2.05) is 0 Å². The maximum absolute atomic E-state index is 12.6. The van der Waals surface area contributed by atoms with Crippen LogP contribution in [0.5, 0.6) is 0 Å². The number of ether oxygens (including phenoxy) is 1. The third kappa shape index (κ3) is 3.76. The average Bonchev–Trinajstić information content (AvgIpc) is 2.50. The molecule has 1 aromatic carbocycles. The number of carbonyl (C=O) groups excluding carboxylic acids is 2. The van der Waals surface area contributed by atoms with Gasteiger partial charge in [0.2, 0.25) is 11.8 Å². The zero-order valence-corrected chi connectivity index (χ0v) is 13.2. The Morgan fingerprint density at radius 3 is 2.59 bits per heavy atom. The number of halogens is 1. The van der Waals surface area contributed by atoms with E-state index in [2.05, 4.69) is 10.6 Å². The van der Waals surface area contributed by atoms with Crippen LogP contribution in [-0.2, 0) is 14.3 Å². The van der Waals surface area contributed by atoms with Crippen molar-refractivity contribution in [2.45, 2.75) is 19.8 Å². The molecule has 0 aliphatic carbocycles. The molecule has 22 heavy (non-hydrogen) atoms. The van der Waals surface area contributed by atoms with Crippen LogP contribution >= 0.6 is 11.6 Å². The van der Waals surface area contributed by atoms with Gasteiger partial charge in [-0.15, -0.1) is 0 Å². The van der Waals surface area contributed by atoms with Crippen LogP contribution in [0.4, 0.5) is 11.4 Å². The fourth-order valence-electron chi connectivity index (χ4n) is 2.44. The Labute approximate surface area is 134 Å². The third-order valence-corrected chi connectivity index (χ3v) is 4.19. The zero-order valence-electron chi connectivity index (χ0n) is 12.4. The predicted octanol–water partition coefficient (Wildman–Crippen LogP) is 1.99. The second-order valence-electron chi connectivity index (χ2n) is 5.43. The van der Waals surface area contributed by atoms with Gasteiger partial charge in [0.15, 0.2) is 0 Å². The normalized spacial score (nSPS) is 16.9. The molecule has 4 N–H and O–H groups in total. The van der Waals surface area contributed by atoms with Crippen molar-refractivity contribution in [3.63, 3.8) is 0 Å². The van der Waals surface area contributed by atoms with Gasteiger partial charge in [0.1, 0.15) is 0 Å². The number of nitrogens with one attached hydrogen (secondary N) is 2. The molecule has 7 heteroatoms. The molecular weight excluding hydrogens is 306 g/mol. The minimum absolute atomic E-state index is 0.167. The first-order chi connectivity index (χ1) is 10.5. The zero-order chi connectivity index (χ0) is 16.2. The van der Waals surface area contributed by atoms with E-state index in [0.29, 0.717) is 42.5 Å². The fraction of sp³-hybridized carbons (Fsp3) is 0.467. The second-order valence-corrected chi connectivity index (χ2v) is 5.83. The number of benzene rings is 1. The molecule has 120 valence electrons. The summed E-state index contributed by atoms with van der Waals surface area (Å²) in [5.74, 6) is -0.359. The van der Waals surface area contributed by atoms with Crippen molar-refractivity contribution in [2.24, 2.45) is 11.1 Å². The Hall–Kier alpha value is -1.63. The molecule has 2 amide bonds. The van der Waals surface area contributed by atoms with Gasteiger partial charge < -0.3 is 21.1 Å². The summed E-state index contributed by atoms with van der Waals surface area (Å²) in [7, 11) is 0. The van der Waals surface area contributed by atoms with E-state index in [0.717, 1.165) is 0 Å². The Kier molecular flexibility index (Phi) is 5.39. The first-order valence-corrected chi connectivity index (χ1v) is 7.51. The van der Waals surface area contributed by atoms with E-state index in [1.54, 1.807) is 18.2 Å². The van der Waals surface area contributed by atoms with E-state index in [4.69, 9.17) is 22.1 Å². The first kappa shape index (κ1) is 16.7. The van der Waals surface area contributed by atoms with Crippen LogP contribution in [-0.4, -0.2) is 31.6 Å². The second kappa shape index (κ2) is 7.09. The number of hydrogen-bond donors (Lipinski definition) is 3. The van der Waals surface area contributed by atoms with Crippen LogP contribution in [0.3, 0.4) is 0 Å². The molecule has 1 heterocycles. The van der Waals surface area contributed by atoms with Gasteiger partial charge in [-0.1, -0.05) is 11.6 Å². The lowest BCUT2D eigenvalue weighted by Gasteiger charge is -2.34. The minimum Gasteiger partial charge on any atom is -0.381 e. The van der Waals surface area contributed by atoms with Crippen LogP contribution in [0.1, 0.15) is 19.8 Å². The van der Waals surface area contributed by atoms with Crippen molar-refractivity contribution in [3.05, 3.63) is 23.2 Å². The summed E-state index contributed by atoms with van der Waals surface area (Å²) >= 11 is 6.12. The number of nitrogens with two attached hydrogens (primary N) is 1. The SMILES string of the molecule is CC(=O)Nc1ccc(Cl)c(NC(=O)C2(CN)CCOCC2)c1. The maximum atomic E-state index is 12.6.